The maximum atomic E-state index is 3.57. The van der Waals surface area contributed by atoms with E-state index in [1.54, 1.807) is 0 Å². The Morgan fingerprint density at radius 2 is 1.23 bits per heavy atom. The summed E-state index contributed by atoms with van der Waals surface area (Å²) in [7, 11) is 0. The van der Waals surface area contributed by atoms with Crippen LogP contribution in [0.2, 0.25) is 11.6 Å². The Kier molecular flexibility index (Phi) is 8.97. The number of aromatic nitrogens is 2. The van der Waals surface area contributed by atoms with E-state index in [0.29, 0.717) is 0 Å². The smallest absolute Gasteiger partial charge is 0.315 e. The summed E-state index contributed by atoms with van der Waals surface area (Å²) in [6, 6.07) is 65.3. The molecular formula is C46H35N4PtSe+. The molecule has 0 aliphatic carbocycles. The Bertz CT molecular complexity index is 2530. The zero-order valence-electron chi connectivity index (χ0n) is 29.0. The van der Waals surface area contributed by atoms with E-state index in [2.05, 4.69) is 183 Å². The molecule has 0 fully saturated rings. The standard InChI is InChI=1S/C26H20N2Se.C20H15N2.Pt/c1-29(2)24-17-9-8-15-22(24)28-21-14-7-6-13-20(21)27(19-11-4-3-5-12-19)23-16-10-18-25(29)26(23)28;1-16-11-13-18(14-12-16)22-15-21(17-7-3-2-4-8-17)19-9-5-6-10-20(19)22;/h3-13,16-18H,1-2H3;2-7,9-14H,1H3;/q-2;-1;+4. The molecule has 0 unspecified atom stereocenters. The van der Waals surface area contributed by atoms with E-state index in [1.165, 1.54) is 37.2 Å². The molecule has 52 heavy (non-hydrogen) atoms. The van der Waals surface area contributed by atoms with Crippen LogP contribution in [0.3, 0.4) is 0 Å². The van der Waals surface area contributed by atoms with Crippen molar-refractivity contribution in [3.8, 4) is 11.4 Å². The minimum absolute atomic E-state index is 0. The van der Waals surface area contributed by atoms with E-state index >= 15 is 0 Å². The van der Waals surface area contributed by atoms with Crippen LogP contribution in [0.5, 0.6) is 0 Å². The van der Waals surface area contributed by atoms with Crippen LogP contribution in [0.25, 0.3) is 22.4 Å². The van der Waals surface area contributed by atoms with Crippen LogP contribution < -0.4 is 23.3 Å². The van der Waals surface area contributed by atoms with Crippen molar-refractivity contribution >= 4 is 66.9 Å². The fourth-order valence-corrected chi connectivity index (χ4v) is 12.2. The van der Waals surface area contributed by atoms with Crippen molar-refractivity contribution in [3.63, 3.8) is 0 Å². The van der Waals surface area contributed by atoms with Gasteiger partial charge in [-0.1, -0.05) is 42.0 Å². The Balaban J connectivity index is 0.000000152. The predicted octanol–water partition coefficient (Wildman–Crippen LogP) is 9.49. The molecule has 0 saturated heterocycles. The van der Waals surface area contributed by atoms with E-state index in [-0.39, 0.29) is 21.1 Å². The average molecular weight is 918 g/mol. The maximum Gasteiger partial charge on any atom is 4.00 e. The Morgan fingerprint density at radius 3 is 2.02 bits per heavy atom. The van der Waals surface area contributed by atoms with E-state index < -0.39 is 12.8 Å². The molecule has 6 heteroatoms. The number of rotatable bonds is 3. The summed E-state index contributed by atoms with van der Waals surface area (Å²) in [5, 5.41) is 0. The fraction of sp³-hybridized carbons (Fsp3) is 0.0652. The first-order chi connectivity index (χ1) is 25.0. The van der Waals surface area contributed by atoms with Gasteiger partial charge in [0.15, 0.2) is 0 Å². The second-order valence-corrected chi connectivity index (χ2v) is 20.5. The van der Waals surface area contributed by atoms with Crippen LogP contribution in [0.15, 0.2) is 158 Å². The minimum atomic E-state index is -2.07. The number of fused-ring (bicyclic) bond motifs is 5. The second kappa shape index (κ2) is 13.7. The summed E-state index contributed by atoms with van der Waals surface area (Å²) < 4.78 is 7.07. The Morgan fingerprint density at radius 1 is 0.558 bits per heavy atom. The van der Waals surface area contributed by atoms with Crippen LogP contribution in [-0.2, 0) is 21.1 Å². The molecule has 0 N–H and O–H groups in total. The Labute approximate surface area is 322 Å². The van der Waals surface area contributed by atoms with Crippen LogP contribution >= 0.6 is 0 Å². The molecule has 0 amide bonds. The molecular weight excluding hydrogens is 883 g/mol. The van der Waals surface area contributed by atoms with Gasteiger partial charge in [-0.15, -0.1) is 0 Å². The van der Waals surface area contributed by atoms with Gasteiger partial charge in [0.1, 0.15) is 0 Å². The molecule has 0 spiro atoms. The van der Waals surface area contributed by atoms with Crippen molar-refractivity contribution in [2.75, 3.05) is 9.80 Å². The minimum Gasteiger partial charge on any atom is -0.315 e. The zero-order chi connectivity index (χ0) is 34.5. The Hall–Kier alpha value is -5.18. The van der Waals surface area contributed by atoms with Gasteiger partial charge >= 0.3 is 195 Å². The molecule has 0 radical (unpaired) electrons. The largest absolute Gasteiger partial charge is 4.00 e. The summed E-state index contributed by atoms with van der Waals surface area (Å²) in [6.07, 6.45) is 3.44. The maximum absolute atomic E-state index is 3.57. The third-order valence-electron chi connectivity index (χ3n) is 9.64. The number of hydrogen-bond donors (Lipinski definition) is 0. The van der Waals surface area contributed by atoms with Gasteiger partial charge in [-0.2, -0.15) is 30.3 Å². The summed E-state index contributed by atoms with van der Waals surface area (Å²) in [5.41, 5.74) is 12.7. The number of hydrogen-bond acceptors (Lipinski definition) is 2. The molecule has 2 aliphatic heterocycles. The molecule has 0 saturated carbocycles. The first-order valence-electron chi connectivity index (χ1n) is 17.0. The van der Waals surface area contributed by atoms with Gasteiger partial charge < -0.3 is 4.57 Å². The molecule has 1 aromatic heterocycles. The van der Waals surface area contributed by atoms with Gasteiger partial charge in [0.2, 0.25) is 0 Å². The van der Waals surface area contributed by atoms with Crippen LogP contribution in [0.4, 0.5) is 34.1 Å². The van der Waals surface area contributed by atoms with Gasteiger partial charge in [0.05, 0.1) is 16.7 Å². The predicted molar refractivity (Wildman–Crippen MR) is 211 cm³/mol. The normalized spacial score (nSPS) is 13.8. The summed E-state index contributed by atoms with van der Waals surface area (Å²) in [6.45, 7) is 2.10. The molecule has 0 atom stereocenters. The SMILES string of the molecule is C[Se]1(C)c2ccc[c-]c2N2c3[c-]cccc3N(c3ccccc3)c3cccc1c32.Cc1ccc(-[n+]2[c-]n(-c3[c-]cccc3)c3ccccc32)cc1.[Pt+4]. The van der Waals surface area contributed by atoms with Gasteiger partial charge in [0, 0.05) is 0 Å². The van der Waals surface area contributed by atoms with Gasteiger partial charge in [-0.25, -0.2) is 0 Å². The molecule has 10 rings (SSSR count). The number of anilines is 6. The summed E-state index contributed by atoms with van der Waals surface area (Å²) in [4.78, 5) is 4.76. The number of imidazole rings is 1. The quantitative estimate of drug-likeness (QED) is 0.0998. The molecule has 4 nitrogen and oxygen atoms in total. The number of benzene rings is 7. The number of para-hydroxylation sites is 7. The van der Waals surface area contributed by atoms with Crippen molar-refractivity contribution in [2.24, 2.45) is 0 Å². The summed E-state index contributed by atoms with van der Waals surface area (Å²) in [5.74, 6) is 4.93. The third kappa shape index (κ3) is 5.61. The van der Waals surface area contributed by atoms with Gasteiger partial charge in [-0.3, -0.25) is 4.57 Å². The molecule has 2 aliphatic rings. The van der Waals surface area contributed by atoms with Crippen molar-refractivity contribution in [2.45, 2.75) is 18.6 Å². The fourth-order valence-electron chi connectivity index (χ4n) is 7.19. The topological polar surface area (TPSA) is 15.3 Å². The van der Waals surface area contributed by atoms with Crippen molar-refractivity contribution in [1.82, 2.24) is 4.57 Å². The van der Waals surface area contributed by atoms with Crippen LogP contribution in [0, 0.1) is 31.5 Å². The second-order valence-electron chi connectivity index (χ2n) is 13.1. The molecule has 3 heterocycles. The first kappa shape index (κ1) is 33.9. The van der Waals surface area contributed by atoms with Crippen molar-refractivity contribution < 1.29 is 25.6 Å². The molecule has 8 aromatic rings. The first-order valence-corrected chi connectivity index (χ1v) is 22.2. The van der Waals surface area contributed by atoms with Gasteiger partial charge in [0.25, 0.3) is 6.33 Å². The molecule has 254 valence electrons. The van der Waals surface area contributed by atoms with Crippen LogP contribution in [0.1, 0.15) is 5.56 Å². The monoisotopic (exact) mass is 918 g/mol. The number of nitrogens with zero attached hydrogens (tertiary/aromatic N) is 4. The summed E-state index contributed by atoms with van der Waals surface area (Å²) >= 11 is -2.07. The molecule has 7 aromatic carbocycles. The van der Waals surface area contributed by atoms with Crippen LogP contribution in [-0.4, -0.2) is 17.4 Å². The van der Waals surface area contributed by atoms with Crippen molar-refractivity contribution in [1.29, 1.82) is 0 Å². The van der Waals surface area contributed by atoms with E-state index in [1.807, 2.05) is 36.4 Å². The van der Waals surface area contributed by atoms with Gasteiger partial charge in [-0.05, 0) is 24.7 Å². The van der Waals surface area contributed by atoms with E-state index in [0.717, 1.165) is 33.8 Å². The third-order valence-corrected chi connectivity index (χ3v) is 15.6. The van der Waals surface area contributed by atoms with E-state index in [9.17, 15) is 0 Å². The zero-order valence-corrected chi connectivity index (χ0v) is 33.0. The molecule has 0 bridgehead atoms. The van der Waals surface area contributed by atoms with Crippen molar-refractivity contribution in [3.05, 3.63) is 188 Å². The average Bonchev–Trinajstić information content (AvgIpc) is 3.57. The number of aryl methyl sites for hydroxylation is 1. The van der Waals surface area contributed by atoms with E-state index in [4.69, 9.17) is 0 Å².